The van der Waals surface area contributed by atoms with Crippen molar-refractivity contribution in [3.05, 3.63) is 52.8 Å². The van der Waals surface area contributed by atoms with Crippen LogP contribution in [-0.2, 0) is 19.0 Å². The van der Waals surface area contributed by atoms with Gasteiger partial charge in [-0.05, 0) is 43.5 Å². The van der Waals surface area contributed by atoms with E-state index in [1.54, 1.807) is 6.20 Å². The van der Waals surface area contributed by atoms with E-state index in [9.17, 15) is 0 Å². The number of nitrogens with one attached hydrogen (secondary N) is 2. The highest BCUT2D eigenvalue weighted by atomic mass is 127. The molecule has 0 aliphatic heterocycles. The van der Waals surface area contributed by atoms with Crippen LogP contribution in [0.4, 0.5) is 0 Å². The summed E-state index contributed by atoms with van der Waals surface area (Å²) >= 11 is 6.00. The molecule has 25 heavy (non-hydrogen) atoms. The van der Waals surface area contributed by atoms with Crippen molar-refractivity contribution in [2.75, 3.05) is 13.1 Å². The first-order chi connectivity index (χ1) is 11.6. The number of aliphatic imine (C=N–C) groups is 1. The lowest BCUT2D eigenvalue weighted by molar-refractivity contribution is 0.643. The molecule has 0 bridgehead atoms. The van der Waals surface area contributed by atoms with Gasteiger partial charge in [0, 0.05) is 36.8 Å². The zero-order valence-corrected chi connectivity index (χ0v) is 17.7. The van der Waals surface area contributed by atoms with Crippen LogP contribution in [0, 0.1) is 0 Å². The lowest BCUT2D eigenvalue weighted by Crippen LogP contribution is -2.41. The van der Waals surface area contributed by atoms with Gasteiger partial charge in [0.2, 0.25) is 0 Å². The van der Waals surface area contributed by atoms with Gasteiger partial charge in [-0.25, -0.2) is 4.99 Å². The van der Waals surface area contributed by atoms with Gasteiger partial charge in [0.1, 0.15) is 0 Å². The standard InChI is InChI=1S/C18H24ClN5.HI/c1-3-20-17(21-12-16-8-11-23-24(16)2)22-13-18(9-10-18)14-4-6-15(19)7-5-14;/h4-8,11H,3,9-10,12-13H2,1-2H3,(H2,20,21,22);1H. The third kappa shape index (κ3) is 5.10. The summed E-state index contributed by atoms with van der Waals surface area (Å²) in [5.74, 6) is 0.846. The fourth-order valence-electron chi connectivity index (χ4n) is 2.83. The molecule has 0 amide bonds. The summed E-state index contributed by atoms with van der Waals surface area (Å²) in [5, 5.41) is 11.8. The highest BCUT2D eigenvalue weighted by molar-refractivity contribution is 14.0. The number of hydrogen-bond acceptors (Lipinski definition) is 2. The Bertz CT molecular complexity index is 707. The molecule has 0 unspecified atom stereocenters. The van der Waals surface area contributed by atoms with Crippen molar-refractivity contribution in [2.24, 2.45) is 12.0 Å². The van der Waals surface area contributed by atoms with E-state index in [0.717, 1.165) is 29.8 Å². The maximum atomic E-state index is 6.00. The predicted molar refractivity (Wildman–Crippen MR) is 114 cm³/mol. The molecule has 1 saturated carbocycles. The van der Waals surface area contributed by atoms with Crippen molar-refractivity contribution in [1.29, 1.82) is 0 Å². The Kier molecular flexibility index (Phi) is 7.13. The molecule has 1 aliphatic carbocycles. The fraction of sp³-hybridized carbons (Fsp3) is 0.444. The average Bonchev–Trinajstić information content (AvgIpc) is 3.26. The van der Waals surface area contributed by atoms with Gasteiger partial charge < -0.3 is 10.6 Å². The third-order valence-electron chi connectivity index (χ3n) is 4.57. The lowest BCUT2D eigenvalue weighted by Gasteiger charge is -2.19. The van der Waals surface area contributed by atoms with Crippen LogP contribution in [0.2, 0.25) is 5.02 Å². The van der Waals surface area contributed by atoms with Gasteiger partial charge in [-0.3, -0.25) is 4.68 Å². The molecule has 0 saturated heterocycles. The molecule has 1 aliphatic rings. The highest BCUT2D eigenvalue weighted by Gasteiger charge is 2.44. The Balaban J connectivity index is 0.00000225. The van der Waals surface area contributed by atoms with Gasteiger partial charge in [-0.15, -0.1) is 24.0 Å². The number of aryl methyl sites for hydroxylation is 1. The highest BCUT2D eigenvalue weighted by Crippen LogP contribution is 2.47. The molecular weight excluding hydrogens is 449 g/mol. The average molecular weight is 474 g/mol. The van der Waals surface area contributed by atoms with Gasteiger partial charge in [-0.2, -0.15) is 5.10 Å². The zero-order valence-electron chi connectivity index (χ0n) is 14.6. The molecule has 1 aromatic carbocycles. The van der Waals surface area contributed by atoms with E-state index < -0.39 is 0 Å². The maximum absolute atomic E-state index is 6.00. The Morgan fingerprint density at radius 3 is 2.52 bits per heavy atom. The molecule has 7 heteroatoms. The van der Waals surface area contributed by atoms with Gasteiger partial charge in [0.05, 0.1) is 12.2 Å². The van der Waals surface area contributed by atoms with E-state index in [0.29, 0.717) is 6.54 Å². The topological polar surface area (TPSA) is 54.2 Å². The molecule has 0 atom stereocenters. The number of benzene rings is 1. The molecular formula is C18H25ClIN5. The van der Waals surface area contributed by atoms with Crippen LogP contribution in [0.1, 0.15) is 31.0 Å². The Hall–Kier alpha value is -1.28. The van der Waals surface area contributed by atoms with Crippen LogP contribution in [0.25, 0.3) is 0 Å². The minimum absolute atomic E-state index is 0. The van der Waals surface area contributed by atoms with Crippen LogP contribution in [0.3, 0.4) is 0 Å². The summed E-state index contributed by atoms with van der Waals surface area (Å²) < 4.78 is 1.85. The molecule has 0 spiro atoms. The van der Waals surface area contributed by atoms with E-state index in [4.69, 9.17) is 11.6 Å². The van der Waals surface area contributed by atoms with Crippen LogP contribution in [0.5, 0.6) is 0 Å². The first-order valence-electron chi connectivity index (χ1n) is 8.38. The molecule has 5 nitrogen and oxygen atoms in total. The molecule has 1 heterocycles. The summed E-state index contributed by atoms with van der Waals surface area (Å²) in [5.41, 5.74) is 2.65. The second-order valence-corrected chi connectivity index (χ2v) is 6.72. The first kappa shape index (κ1) is 20.0. The number of nitrogens with zero attached hydrogens (tertiary/aromatic N) is 3. The number of guanidine groups is 1. The minimum Gasteiger partial charge on any atom is -0.357 e. The smallest absolute Gasteiger partial charge is 0.191 e. The van der Waals surface area contributed by atoms with E-state index in [-0.39, 0.29) is 29.4 Å². The minimum atomic E-state index is 0. The van der Waals surface area contributed by atoms with Gasteiger partial charge in [0.15, 0.2) is 5.96 Å². The van der Waals surface area contributed by atoms with Crippen LogP contribution in [0.15, 0.2) is 41.5 Å². The molecule has 2 N–H and O–H groups in total. The van der Waals surface area contributed by atoms with Crippen molar-refractivity contribution in [3.8, 4) is 0 Å². The summed E-state index contributed by atoms with van der Waals surface area (Å²) in [7, 11) is 1.94. The second-order valence-electron chi connectivity index (χ2n) is 6.28. The van der Waals surface area contributed by atoms with Crippen LogP contribution < -0.4 is 10.6 Å². The van der Waals surface area contributed by atoms with E-state index in [1.165, 1.54) is 18.4 Å². The number of aromatic nitrogens is 2. The molecule has 1 aromatic heterocycles. The van der Waals surface area contributed by atoms with E-state index >= 15 is 0 Å². The SMILES string of the molecule is CCNC(=NCc1ccnn1C)NCC1(c2ccc(Cl)cc2)CC1.I. The summed E-state index contributed by atoms with van der Waals surface area (Å²) in [6.45, 7) is 4.41. The van der Waals surface area contributed by atoms with E-state index in [1.807, 2.05) is 29.9 Å². The summed E-state index contributed by atoms with van der Waals surface area (Å²) in [4.78, 5) is 4.67. The molecule has 2 aromatic rings. The second kappa shape index (κ2) is 8.89. The predicted octanol–water partition coefficient (Wildman–Crippen LogP) is 3.48. The number of halogens is 2. The quantitative estimate of drug-likeness (QED) is 0.384. The van der Waals surface area contributed by atoms with Crippen molar-refractivity contribution < 1.29 is 0 Å². The van der Waals surface area contributed by atoms with Crippen molar-refractivity contribution in [1.82, 2.24) is 20.4 Å². The largest absolute Gasteiger partial charge is 0.357 e. The van der Waals surface area contributed by atoms with E-state index in [2.05, 4.69) is 39.8 Å². The first-order valence-corrected chi connectivity index (χ1v) is 8.76. The molecule has 3 rings (SSSR count). The number of hydrogen-bond donors (Lipinski definition) is 2. The summed E-state index contributed by atoms with van der Waals surface area (Å²) in [6.07, 6.45) is 4.19. The third-order valence-corrected chi connectivity index (χ3v) is 4.82. The number of rotatable bonds is 6. The van der Waals surface area contributed by atoms with Gasteiger partial charge >= 0.3 is 0 Å². The van der Waals surface area contributed by atoms with Crippen LogP contribution in [-0.4, -0.2) is 28.8 Å². The van der Waals surface area contributed by atoms with Crippen LogP contribution >= 0.6 is 35.6 Å². The molecule has 1 fully saturated rings. The normalized spacial score (nSPS) is 15.4. The van der Waals surface area contributed by atoms with Crippen molar-refractivity contribution in [2.45, 2.75) is 31.7 Å². The molecule has 136 valence electrons. The Morgan fingerprint density at radius 1 is 1.24 bits per heavy atom. The maximum Gasteiger partial charge on any atom is 0.191 e. The Labute approximate surface area is 171 Å². The van der Waals surface area contributed by atoms with Crippen molar-refractivity contribution >= 4 is 41.5 Å². The lowest BCUT2D eigenvalue weighted by atomic mass is 9.96. The zero-order chi connectivity index (χ0) is 17.0. The summed E-state index contributed by atoms with van der Waals surface area (Å²) in [6, 6.07) is 10.2. The monoisotopic (exact) mass is 473 g/mol. The molecule has 0 radical (unpaired) electrons. The Morgan fingerprint density at radius 2 is 1.96 bits per heavy atom. The van der Waals surface area contributed by atoms with Gasteiger partial charge in [-0.1, -0.05) is 23.7 Å². The fourth-order valence-corrected chi connectivity index (χ4v) is 2.96. The van der Waals surface area contributed by atoms with Crippen molar-refractivity contribution in [3.63, 3.8) is 0 Å². The van der Waals surface area contributed by atoms with Gasteiger partial charge in [0.25, 0.3) is 0 Å².